The number of carbonyl (C=O) groups is 3. The number of rotatable bonds is 11. The summed E-state index contributed by atoms with van der Waals surface area (Å²) in [6.07, 6.45) is 3.95. The highest BCUT2D eigenvalue weighted by molar-refractivity contribution is 5.96. The van der Waals surface area contributed by atoms with Gasteiger partial charge in [0.1, 0.15) is 0 Å². The predicted octanol–water partition coefficient (Wildman–Crippen LogP) is 1.83. The maximum atomic E-state index is 13.3. The number of hydrogen-bond acceptors (Lipinski definition) is 7. The molecule has 2 saturated heterocycles. The van der Waals surface area contributed by atoms with Gasteiger partial charge in [0.15, 0.2) is 11.5 Å². The summed E-state index contributed by atoms with van der Waals surface area (Å²) < 4.78 is 11.1. The highest BCUT2D eigenvalue weighted by atomic mass is 16.7. The lowest BCUT2D eigenvalue weighted by molar-refractivity contribution is -0.133. The molecule has 3 aliphatic heterocycles. The quantitative estimate of drug-likeness (QED) is 0.493. The van der Waals surface area contributed by atoms with Gasteiger partial charge in [-0.25, -0.2) is 4.79 Å². The number of nitrogens with two attached hydrogens (primary N) is 1. The van der Waals surface area contributed by atoms with E-state index >= 15 is 0 Å². The van der Waals surface area contributed by atoms with Crippen LogP contribution in [0.4, 0.5) is 4.79 Å². The van der Waals surface area contributed by atoms with Crippen LogP contribution in [0.25, 0.3) is 0 Å². The maximum absolute atomic E-state index is 13.3. The van der Waals surface area contributed by atoms with Gasteiger partial charge in [0.25, 0.3) is 0 Å². The molecule has 1 aromatic rings. The maximum Gasteiger partial charge on any atom is 0.326 e. The van der Waals surface area contributed by atoms with Crippen LogP contribution < -0.4 is 15.2 Å². The van der Waals surface area contributed by atoms with Gasteiger partial charge in [-0.2, -0.15) is 0 Å². The summed E-state index contributed by atoms with van der Waals surface area (Å²) in [7, 11) is 1.54. The minimum absolute atomic E-state index is 0.101. The van der Waals surface area contributed by atoms with Gasteiger partial charge in [-0.05, 0) is 42.9 Å². The molecule has 4 amide bonds. The summed E-state index contributed by atoms with van der Waals surface area (Å²) in [4.78, 5) is 44.8. The molecule has 10 nitrogen and oxygen atoms in total. The third kappa shape index (κ3) is 5.92. The lowest BCUT2D eigenvalue weighted by Crippen LogP contribution is -2.51. The second kappa shape index (κ2) is 11.9. The average Bonchev–Trinajstić information content (AvgIpc) is 3.51. The van der Waals surface area contributed by atoms with E-state index in [9.17, 15) is 14.4 Å². The second-order valence-corrected chi connectivity index (χ2v) is 9.91. The van der Waals surface area contributed by atoms with E-state index in [-0.39, 0.29) is 36.6 Å². The Hall–Kier alpha value is -2.85. The minimum Gasteiger partial charge on any atom is -0.454 e. The van der Waals surface area contributed by atoms with E-state index in [1.165, 1.54) is 17.5 Å². The molecule has 3 heterocycles. The molecular weight excluding hydrogens is 462 g/mol. The van der Waals surface area contributed by atoms with Gasteiger partial charge in [-0.3, -0.25) is 19.4 Å². The zero-order valence-corrected chi connectivity index (χ0v) is 21.5. The summed E-state index contributed by atoms with van der Waals surface area (Å²) in [5, 5.41) is 0. The molecule has 0 saturated carbocycles. The lowest BCUT2D eigenvalue weighted by atomic mass is 9.95. The van der Waals surface area contributed by atoms with Crippen molar-refractivity contribution < 1.29 is 23.9 Å². The first-order chi connectivity index (χ1) is 17.4. The molecule has 0 radical (unpaired) electrons. The zero-order chi connectivity index (χ0) is 25.7. The van der Waals surface area contributed by atoms with Crippen LogP contribution in [0.3, 0.4) is 0 Å². The van der Waals surface area contributed by atoms with Crippen LogP contribution in [0.1, 0.15) is 50.5 Å². The highest BCUT2D eigenvalue weighted by Crippen LogP contribution is 2.39. The van der Waals surface area contributed by atoms with E-state index in [2.05, 4.69) is 17.9 Å². The van der Waals surface area contributed by atoms with Crippen molar-refractivity contribution in [1.29, 1.82) is 0 Å². The molecule has 0 aromatic heterocycles. The number of benzene rings is 1. The Labute approximate surface area is 213 Å². The lowest BCUT2D eigenvalue weighted by Gasteiger charge is -2.34. The van der Waals surface area contributed by atoms with Crippen LogP contribution in [0.5, 0.6) is 11.5 Å². The van der Waals surface area contributed by atoms with E-state index in [1.807, 2.05) is 17.0 Å². The largest absolute Gasteiger partial charge is 0.454 e. The number of unbranched alkanes of at least 4 members (excludes halogenated alkanes) is 1. The number of ether oxygens (including phenoxy) is 2. The Morgan fingerprint density at radius 1 is 1.19 bits per heavy atom. The number of imide groups is 1. The highest BCUT2D eigenvalue weighted by Gasteiger charge is 2.36. The van der Waals surface area contributed by atoms with Crippen LogP contribution >= 0.6 is 0 Å². The van der Waals surface area contributed by atoms with Crippen molar-refractivity contribution in [3.8, 4) is 11.5 Å². The van der Waals surface area contributed by atoms with E-state index in [1.54, 1.807) is 4.90 Å². The summed E-state index contributed by atoms with van der Waals surface area (Å²) in [5.41, 5.74) is 6.96. The standard InChI is InChI=1S/C26H39N5O5/c1-3-4-10-29(13-9-27)25(33)17-31-16-20(19-5-6-22-23(15-19)36-18-35-22)14-21(31)7-11-30-12-8-24(32)28(2)26(30)34/h5-6,15,20-21H,3-4,7-14,16-18,27H2,1-2H3/t20-,21+/m1/s1. The van der Waals surface area contributed by atoms with Crippen LogP contribution in [0.15, 0.2) is 18.2 Å². The van der Waals surface area contributed by atoms with Crippen LogP contribution in [-0.2, 0) is 9.59 Å². The number of nitrogens with zero attached hydrogens (tertiary/aromatic N) is 4. The predicted molar refractivity (Wildman–Crippen MR) is 135 cm³/mol. The topological polar surface area (TPSA) is 109 Å². The van der Waals surface area contributed by atoms with Crippen LogP contribution in [0, 0.1) is 0 Å². The number of likely N-dealkylation sites (tertiary alicyclic amines) is 1. The van der Waals surface area contributed by atoms with Gasteiger partial charge in [0, 0.05) is 58.8 Å². The van der Waals surface area contributed by atoms with E-state index in [4.69, 9.17) is 15.2 Å². The minimum atomic E-state index is -0.243. The molecule has 4 rings (SSSR count). The fourth-order valence-electron chi connectivity index (χ4n) is 5.35. The molecule has 198 valence electrons. The molecule has 36 heavy (non-hydrogen) atoms. The molecule has 3 aliphatic rings. The number of hydrogen-bond donors (Lipinski definition) is 1. The summed E-state index contributed by atoms with van der Waals surface area (Å²) in [6.45, 7) is 6.18. The third-order valence-electron chi connectivity index (χ3n) is 7.53. The van der Waals surface area contributed by atoms with Crippen LogP contribution in [0.2, 0.25) is 0 Å². The average molecular weight is 502 g/mol. The number of carbonyl (C=O) groups excluding carboxylic acids is 3. The molecule has 1 aromatic carbocycles. The van der Waals surface area contributed by atoms with Crippen molar-refractivity contribution in [3.63, 3.8) is 0 Å². The molecule has 0 unspecified atom stereocenters. The zero-order valence-electron chi connectivity index (χ0n) is 21.5. The van der Waals surface area contributed by atoms with Crippen LogP contribution in [-0.4, -0.2) is 103 Å². The molecule has 2 atom stereocenters. The molecule has 2 N–H and O–H groups in total. The van der Waals surface area contributed by atoms with Crippen molar-refractivity contribution in [3.05, 3.63) is 23.8 Å². The molecule has 10 heteroatoms. The smallest absolute Gasteiger partial charge is 0.326 e. The Kier molecular flexibility index (Phi) is 8.68. The van der Waals surface area contributed by atoms with Crippen molar-refractivity contribution in [1.82, 2.24) is 19.6 Å². The van der Waals surface area contributed by atoms with E-state index < -0.39 is 0 Å². The van der Waals surface area contributed by atoms with Gasteiger partial charge in [0.05, 0.1) is 6.54 Å². The van der Waals surface area contributed by atoms with Gasteiger partial charge >= 0.3 is 6.03 Å². The molecule has 0 bridgehead atoms. The van der Waals surface area contributed by atoms with Crippen molar-refractivity contribution in [2.75, 3.05) is 59.7 Å². The van der Waals surface area contributed by atoms with E-state index in [0.717, 1.165) is 50.3 Å². The van der Waals surface area contributed by atoms with Crippen molar-refractivity contribution >= 4 is 17.8 Å². The first kappa shape index (κ1) is 26.2. The Balaban J connectivity index is 1.46. The summed E-state index contributed by atoms with van der Waals surface area (Å²) >= 11 is 0. The van der Waals surface area contributed by atoms with Gasteiger partial charge in [0.2, 0.25) is 18.6 Å². The van der Waals surface area contributed by atoms with E-state index in [0.29, 0.717) is 39.1 Å². The monoisotopic (exact) mass is 501 g/mol. The second-order valence-electron chi connectivity index (χ2n) is 9.91. The molecular formula is C26H39N5O5. The number of urea groups is 1. The Morgan fingerprint density at radius 3 is 2.78 bits per heavy atom. The molecule has 0 aliphatic carbocycles. The van der Waals surface area contributed by atoms with Gasteiger partial charge in [-0.15, -0.1) is 0 Å². The Bertz CT molecular complexity index is 957. The fourth-order valence-corrected chi connectivity index (χ4v) is 5.35. The summed E-state index contributed by atoms with van der Waals surface area (Å²) in [6, 6.07) is 5.98. The normalized spacial score (nSPS) is 22.0. The van der Waals surface area contributed by atoms with Crippen molar-refractivity contribution in [2.24, 2.45) is 5.73 Å². The first-order valence-electron chi connectivity index (χ1n) is 13.1. The summed E-state index contributed by atoms with van der Waals surface area (Å²) in [5.74, 6) is 1.73. The first-order valence-corrected chi connectivity index (χ1v) is 13.1. The van der Waals surface area contributed by atoms with Gasteiger partial charge in [-0.1, -0.05) is 19.4 Å². The number of amides is 4. The molecule has 2 fully saturated rings. The molecule has 0 spiro atoms. The Morgan fingerprint density at radius 2 is 2.00 bits per heavy atom. The fraction of sp³-hybridized carbons (Fsp3) is 0.654. The SMILES string of the molecule is CCCCN(CCN)C(=O)CN1C[C@H](c2ccc3c(c2)OCO3)C[C@@H]1CCN1CCC(=O)N(C)C1=O. The van der Waals surface area contributed by atoms with Gasteiger partial charge < -0.3 is 25.0 Å². The van der Waals surface area contributed by atoms with Crippen molar-refractivity contribution in [2.45, 2.75) is 51.0 Å². The number of fused-ring (bicyclic) bond motifs is 1. The third-order valence-corrected chi connectivity index (χ3v) is 7.53.